The van der Waals surface area contributed by atoms with Gasteiger partial charge in [-0.25, -0.2) is 0 Å². The molecule has 0 heterocycles. The van der Waals surface area contributed by atoms with Gasteiger partial charge in [-0.1, -0.05) is 30.3 Å². The fourth-order valence-electron chi connectivity index (χ4n) is 1.10. The third kappa shape index (κ3) is 3.71. The van der Waals surface area contributed by atoms with Crippen molar-refractivity contribution >= 4 is 0 Å². The number of benzene rings is 1. The van der Waals surface area contributed by atoms with E-state index in [1.165, 1.54) is 0 Å². The van der Waals surface area contributed by atoms with E-state index in [1.54, 1.807) is 0 Å². The molecule has 2 atom stereocenters. The summed E-state index contributed by atoms with van der Waals surface area (Å²) in [7, 11) is 1.84. The molecule has 1 aromatic carbocycles. The summed E-state index contributed by atoms with van der Waals surface area (Å²) in [6, 6.07) is 9.76. The van der Waals surface area contributed by atoms with Crippen LogP contribution >= 0.6 is 0 Å². The van der Waals surface area contributed by atoms with Gasteiger partial charge >= 0.3 is 0 Å². The minimum absolute atomic E-state index is 0. The van der Waals surface area contributed by atoms with Crippen LogP contribution in [0.15, 0.2) is 30.3 Å². The number of aliphatic hydroxyl groups excluding tert-OH is 1. The van der Waals surface area contributed by atoms with Crippen LogP contribution in [0.4, 0.5) is 0 Å². The molecule has 0 amide bonds. The summed E-state index contributed by atoms with van der Waals surface area (Å²) in [6.07, 6.45) is -0.420. The van der Waals surface area contributed by atoms with Gasteiger partial charge in [-0.15, -0.1) is 0 Å². The van der Waals surface area contributed by atoms with E-state index in [4.69, 9.17) is 0 Å². The van der Waals surface area contributed by atoms with Crippen molar-refractivity contribution in [1.29, 1.82) is 0 Å². The van der Waals surface area contributed by atoms with Crippen molar-refractivity contribution in [3.8, 4) is 0 Å². The van der Waals surface area contributed by atoms with E-state index in [-0.39, 0.29) is 31.9 Å². The van der Waals surface area contributed by atoms with E-state index >= 15 is 0 Å². The average molecular weight is 210 g/mol. The van der Waals surface area contributed by atoms with Crippen molar-refractivity contribution in [3.63, 3.8) is 0 Å². The quantitative estimate of drug-likeness (QED) is 0.788. The maximum atomic E-state index is 9.73. The minimum atomic E-state index is -0.420. The monoisotopic (exact) mass is 210 g/mol. The summed E-state index contributed by atoms with van der Waals surface area (Å²) >= 11 is 0. The molecule has 0 saturated carbocycles. The second kappa shape index (κ2) is 6.46. The Morgan fingerprint density at radius 2 is 1.77 bits per heavy atom. The summed E-state index contributed by atoms with van der Waals surface area (Å²) in [5.74, 6) is 0. The van der Waals surface area contributed by atoms with Crippen molar-refractivity contribution < 1.29 is 30.9 Å². The molecule has 1 aromatic rings. The number of rotatable bonds is 3. The molecule has 0 unspecified atom stereocenters. The van der Waals surface area contributed by atoms with Crippen LogP contribution < -0.4 is 5.32 Å². The number of nitrogens with one attached hydrogen (secondary N) is 1. The zero-order valence-corrected chi connectivity index (χ0v) is 9.87. The van der Waals surface area contributed by atoms with Crippen LogP contribution in [-0.2, 0) is 25.8 Å². The van der Waals surface area contributed by atoms with Crippen LogP contribution in [0, 0.1) is 0 Å². The van der Waals surface area contributed by atoms with Crippen molar-refractivity contribution in [2.75, 3.05) is 7.05 Å². The molecule has 2 nitrogen and oxygen atoms in total. The first-order chi connectivity index (χ1) is 5.75. The van der Waals surface area contributed by atoms with Crippen LogP contribution in [0.5, 0.6) is 0 Å². The summed E-state index contributed by atoms with van der Waals surface area (Å²) in [6.45, 7) is 1.96. The Morgan fingerprint density at radius 1 is 1.23 bits per heavy atom. The standard InChI is InChI=1S/C10H15NO.Sc/c1-8(11-2)10(12)9-6-4-3-5-7-9;/h3-8,10-12H,1-2H3;/t8-,10-;/m0./s1. The predicted octanol–water partition coefficient (Wildman–Crippen LogP) is 1.33. The Morgan fingerprint density at radius 3 is 2.23 bits per heavy atom. The summed E-state index contributed by atoms with van der Waals surface area (Å²) in [5.41, 5.74) is 0.958. The second-order valence-electron chi connectivity index (χ2n) is 2.93. The normalized spacial score (nSPS) is 14.4. The third-order valence-electron chi connectivity index (χ3n) is 2.07. The van der Waals surface area contributed by atoms with Gasteiger partial charge in [0.2, 0.25) is 0 Å². The molecule has 0 aliphatic carbocycles. The van der Waals surface area contributed by atoms with Crippen LogP contribution in [0.2, 0.25) is 0 Å². The maximum absolute atomic E-state index is 9.73. The van der Waals surface area contributed by atoms with Crippen LogP contribution in [0.25, 0.3) is 0 Å². The molecule has 69 valence electrons. The Balaban J connectivity index is 0.00000144. The topological polar surface area (TPSA) is 32.3 Å². The number of likely N-dealkylation sites (N-methyl/N-ethyl adjacent to an activating group) is 1. The molecule has 0 fully saturated rings. The molecule has 3 heteroatoms. The Hall–Kier alpha value is 0.0101. The number of aliphatic hydroxyl groups is 1. The number of hydrogen-bond acceptors (Lipinski definition) is 2. The molecule has 0 aliphatic rings. The fourth-order valence-corrected chi connectivity index (χ4v) is 1.10. The van der Waals surface area contributed by atoms with E-state index in [0.717, 1.165) is 5.56 Å². The van der Waals surface area contributed by atoms with Gasteiger partial charge in [0.05, 0.1) is 6.10 Å². The SMILES string of the molecule is CN[C@@H](C)[C@H](O)c1ccccc1.[Sc]. The molecule has 0 bridgehead atoms. The molecule has 13 heavy (non-hydrogen) atoms. The minimum Gasteiger partial charge on any atom is -0.387 e. The van der Waals surface area contributed by atoms with Crippen molar-refractivity contribution in [2.24, 2.45) is 0 Å². The molecule has 1 radical (unpaired) electrons. The van der Waals surface area contributed by atoms with Gasteiger partial charge in [0, 0.05) is 31.9 Å². The molecule has 0 saturated heterocycles. The Labute approximate surface area is 98.1 Å². The largest absolute Gasteiger partial charge is 0.387 e. The van der Waals surface area contributed by atoms with E-state index in [2.05, 4.69) is 5.32 Å². The summed E-state index contributed by atoms with van der Waals surface area (Å²) in [5, 5.41) is 12.7. The van der Waals surface area contributed by atoms with Crippen molar-refractivity contribution in [3.05, 3.63) is 35.9 Å². The molecular weight excluding hydrogens is 195 g/mol. The second-order valence-corrected chi connectivity index (χ2v) is 2.93. The maximum Gasteiger partial charge on any atom is 0.0940 e. The van der Waals surface area contributed by atoms with Gasteiger partial charge in [0.25, 0.3) is 0 Å². The van der Waals surface area contributed by atoms with Crippen LogP contribution in [0.1, 0.15) is 18.6 Å². The Bertz CT molecular complexity index is 228. The zero-order chi connectivity index (χ0) is 8.97. The van der Waals surface area contributed by atoms with Crippen molar-refractivity contribution in [2.45, 2.75) is 19.1 Å². The van der Waals surface area contributed by atoms with Gasteiger partial charge in [-0.2, -0.15) is 0 Å². The predicted molar refractivity (Wildman–Crippen MR) is 49.9 cm³/mol. The molecule has 2 N–H and O–H groups in total. The molecule has 0 spiro atoms. The van der Waals surface area contributed by atoms with Crippen LogP contribution in [-0.4, -0.2) is 18.2 Å². The van der Waals surface area contributed by atoms with E-state index in [0.29, 0.717) is 0 Å². The van der Waals surface area contributed by atoms with Gasteiger partial charge < -0.3 is 10.4 Å². The first kappa shape index (κ1) is 13.0. The van der Waals surface area contributed by atoms with E-state index in [1.807, 2.05) is 44.3 Å². The van der Waals surface area contributed by atoms with E-state index < -0.39 is 6.10 Å². The smallest absolute Gasteiger partial charge is 0.0940 e. The molecule has 0 aliphatic heterocycles. The average Bonchev–Trinajstić information content (AvgIpc) is 2.17. The molecule has 0 aromatic heterocycles. The zero-order valence-electron chi connectivity index (χ0n) is 8.07. The van der Waals surface area contributed by atoms with Crippen molar-refractivity contribution in [1.82, 2.24) is 5.32 Å². The van der Waals surface area contributed by atoms with Gasteiger partial charge in [-0.05, 0) is 19.5 Å². The first-order valence-corrected chi connectivity index (χ1v) is 4.16. The van der Waals surface area contributed by atoms with Gasteiger partial charge in [0.15, 0.2) is 0 Å². The number of hydrogen-bond donors (Lipinski definition) is 2. The fraction of sp³-hybridized carbons (Fsp3) is 0.400. The van der Waals surface area contributed by atoms with Gasteiger partial charge in [0.1, 0.15) is 0 Å². The molecule has 1 rings (SSSR count). The van der Waals surface area contributed by atoms with Gasteiger partial charge in [-0.3, -0.25) is 0 Å². The van der Waals surface area contributed by atoms with E-state index in [9.17, 15) is 5.11 Å². The van der Waals surface area contributed by atoms with Crippen LogP contribution in [0.3, 0.4) is 0 Å². The summed E-state index contributed by atoms with van der Waals surface area (Å²) < 4.78 is 0. The third-order valence-corrected chi connectivity index (χ3v) is 2.07. The summed E-state index contributed by atoms with van der Waals surface area (Å²) in [4.78, 5) is 0. The molecular formula is C10H15NOSc. The first-order valence-electron chi connectivity index (χ1n) is 4.16. The Kier molecular flexibility index (Phi) is 6.47.